The molecule has 7 heteroatoms. The van der Waals surface area contributed by atoms with Gasteiger partial charge in [-0.25, -0.2) is 0 Å². The molecule has 1 aromatic heterocycles. The number of aryl methyl sites for hydroxylation is 1. The van der Waals surface area contributed by atoms with Crippen LogP contribution >= 0.6 is 12.4 Å². The molecule has 1 heterocycles. The highest BCUT2D eigenvalue weighted by atomic mass is 35.5. The average Bonchev–Trinajstić information content (AvgIpc) is 2.90. The van der Waals surface area contributed by atoms with Gasteiger partial charge in [0.15, 0.2) is 0 Å². The molecular weight excluding hydrogens is 278 g/mol. The van der Waals surface area contributed by atoms with Crippen LogP contribution in [0, 0.1) is 0 Å². The molecule has 0 bridgehead atoms. The third kappa shape index (κ3) is 4.99. The maximum absolute atomic E-state index is 11.8. The molecule has 0 aliphatic carbocycles. The number of aromatic nitrogens is 3. The lowest BCUT2D eigenvalue weighted by Crippen LogP contribution is -2.15. The van der Waals surface area contributed by atoms with Gasteiger partial charge in [-0.15, -0.1) is 17.5 Å². The van der Waals surface area contributed by atoms with Gasteiger partial charge in [0.2, 0.25) is 5.91 Å². The second-order valence-corrected chi connectivity index (χ2v) is 4.20. The van der Waals surface area contributed by atoms with E-state index in [0.29, 0.717) is 13.0 Å². The number of hydrogen-bond acceptors (Lipinski definition) is 4. The van der Waals surface area contributed by atoms with Crippen LogP contribution in [0.2, 0.25) is 0 Å². The first-order chi connectivity index (χ1) is 9.28. The Morgan fingerprint density at radius 2 is 2.25 bits per heavy atom. The standard InChI is InChI=1S/C13H17N5O.ClH/c1-14-10-11-3-2-4-12(9-11)16-13(19)5-7-18-8-6-15-17-18;/h2-4,6,8-9,14H,5,7,10H2,1H3,(H,16,19);1H. The highest BCUT2D eigenvalue weighted by molar-refractivity contribution is 5.90. The Kier molecular flexibility index (Phi) is 6.69. The molecule has 0 saturated heterocycles. The molecule has 6 nitrogen and oxygen atoms in total. The van der Waals surface area contributed by atoms with Crippen LogP contribution in [-0.2, 0) is 17.9 Å². The van der Waals surface area contributed by atoms with Crippen molar-refractivity contribution in [1.29, 1.82) is 0 Å². The minimum absolute atomic E-state index is 0. The monoisotopic (exact) mass is 295 g/mol. The van der Waals surface area contributed by atoms with Gasteiger partial charge in [-0.2, -0.15) is 0 Å². The van der Waals surface area contributed by atoms with Crippen LogP contribution in [0.25, 0.3) is 0 Å². The van der Waals surface area contributed by atoms with Crippen molar-refractivity contribution in [2.45, 2.75) is 19.5 Å². The number of rotatable bonds is 6. The predicted octanol–water partition coefficient (Wildman–Crippen LogP) is 1.45. The Morgan fingerprint density at radius 3 is 2.95 bits per heavy atom. The largest absolute Gasteiger partial charge is 0.326 e. The molecule has 1 amide bonds. The third-order valence-corrected chi connectivity index (χ3v) is 2.63. The first-order valence-corrected chi connectivity index (χ1v) is 6.15. The SMILES string of the molecule is CNCc1cccc(NC(=O)CCn2ccnn2)c1.Cl. The summed E-state index contributed by atoms with van der Waals surface area (Å²) in [6.07, 6.45) is 3.71. The van der Waals surface area contributed by atoms with Gasteiger partial charge in [0.1, 0.15) is 0 Å². The normalized spacial score (nSPS) is 9.85. The minimum atomic E-state index is -0.0305. The lowest BCUT2D eigenvalue weighted by Gasteiger charge is -2.07. The number of carbonyl (C=O) groups excluding carboxylic acids is 1. The number of nitrogens with one attached hydrogen (secondary N) is 2. The Labute approximate surface area is 124 Å². The summed E-state index contributed by atoms with van der Waals surface area (Å²) in [5.41, 5.74) is 1.95. The summed E-state index contributed by atoms with van der Waals surface area (Å²) in [7, 11) is 1.89. The van der Waals surface area contributed by atoms with E-state index in [1.807, 2.05) is 31.3 Å². The molecule has 108 valence electrons. The van der Waals surface area contributed by atoms with Gasteiger partial charge >= 0.3 is 0 Å². The van der Waals surface area contributed by atoms with Crippen molar-refractivity contribution in [2.24, 2.45) is 0 Å². The first kappa shape index (κ1) is 16.1. The fraction of sp³-hybridized carbons (Fsp3) is 0.308. The molecule has 0 atom stereocenters. The molecule has 2 aromatic rings. The summed E-state index contributed by atoms with van der Waals surface area (Å²) in [4.78, 5) is 11.8. The molecule has 0 aliphatic rings. The van der Waals surface area contributed by atoms with E-state index in [1.54, 1.807) is 17.1 Å². The van der Waals surface area contributed by atoms with E-state index >= 15 is 0 Å². The minimum Gasteiger partial charge on any atom is -0.326 e. The van der Waals surface area contributed by atoms with Crippen molar-refractivity contribution in [3.63, 3.8) is 0 Å². The number of halogens is 1. The number of hydrogen-bond donors (Lipinski definition) is 2. The molecule has 2 rings (SSSR count). The Bertz CT molecular complexity index is 529. The summed E-state index contributed by atoms with van der Waals surface area (Å²) >= 11 is 0. The summed E-state index contributed by atoms with van der Waals surface area (Å²) in [6.45, 7) is 1.31. The van der Waals surface area contributed by atoms with E-state index < -0.39 is 0 Å². The van der Waals surface area contributed by atoms with Crippen molar-refractivity contribution in [1.82, 2.24) is 20.3 Å². The molecule has 0 unspecified atom stereocenters. The second-order valence-electron chi connectivity index (χ2n) is 4.20. The summed E-state index contributed by atoms with van der Waals surface area (Å²) in [5, 5.41) is 13.5. The van der Waals surface area contributed by atoms with Gasteiger partial charge in [0.25, 0.3) is 0 Å². The zero-order valence-corrected chi connectivity index (χ0v) is 12.1. The second kappa shape index (κ2) is 8.29. The zero-order valence-electron chi connectivity index (χ0n) is 11.2. The third-order valence-electron chi connectivity index (χ3n) is 2.63. The van der Waals surface area contributed by atoms with Crippen molar-refractivity contribution < 1.29 is 4.79 Å². The Morgan fingerprint density at radius 1 is 1.40 bits per heavy atom. The number of benzene rings is 1. The van der Waals surface area contributed by atoms with E-state index in [0.717, 1.165) is 17.8 Å². The van der Waals surface area contributed by atoms with E-state index in [1.165, 1.54) is 0 Å². The number of amides is 1. The highest BCUT2D eigenvalue weighted by Gasteiger charge is 2.03. The predicted molar refractivity (Wildman–Crippen MR) is 79.7 cm³/mol. The summed E-state index contributed by atoms with van der Waals surface area (Å²) in [5.74, 6) is -0.0305. The summed E-state index contributed by atoms with van der Waals surface area (Å²) in [6, 6.07) is 7.79. The molecule has 0 saturated carbocycles. The average molecular weight is 296 g/mol. The zero-order chi connectivity index (χ0) is 13.5. The topological polar surface area (TPSA) is 71.8 Å². The van der Waals surface area contributed by atoms with Gasteiger partial charge < -0.3 is 10.6 Å². The van der Waals surface area contributed by atoms with E-state index in [2.05, 4.69) is 20.9 Å². The van der Waals surface area contributed by atoms with Crippen molar-refractivity contribution >= 4 is 24.0 Å². The number of nitrogens with zero attached hydrogens (tertiary/aromatic N) is 3. The quantitative estimate of drug-likeness (QED) is 0.846. The molecule has 0 radical (unpaired) electrons. The Hall–Kier alpha value is -1.92. The number of anilines is 1. The van der Waals surface area contributed by atoms with Crippen LogP contribution in [0.1, 0.15) is 12.0 Å². The van der Waals surface area contributed by atoms with Crippen LogP contribution in [0.4, 0.5) is 5.69 Å². The van der Waals surface area contributed by atoms with E-state index in [-0.39, 0.29) is 18.3 Å². The molecular formula is C13H18ClN5O. The Balaban J connectivity index is 0.00000200. The fourth-order valence-electron chi connectivity index (χ4n) is 1.75. The van der Waals surface area contributed by atoms with Crippen LogP contribution in [0.15, 0.2) is 36.7 Å². The van der Waals surface area contributed by atoms with Crippen molar-refractivity contribution in [3.05, 3.63) is 42.2 Å². The fourth-order valence-corrected chi connectivity index (χ4v) is 1.75. The van der Waals surface area contributed by atoms with Gasteiger partial charge in [-0.3, -0.25) is 9.48 Å². The lowest BCUT2D eigenvalue weighted by molar-refractivity contribution is -0.116. The van der Waals surface area contributed by atoms with Crippen LogP contribution in [-0.4, -0.2) is 27.9 Å². The van der Waals surface area contributed by atoms with Gasteiger partial charge in [0.05, 0.1) is 12.7 Å². The molecule has 0 fully saturated rings. The maximum atomic E-state index is 11.8. The van der Waals surface area contributed by atoms with Gasteiger partial charge in [0, 0.05) is 24.8 Å². The van der Waals surface area contributed by atoms with Gasteiger partial charge in [-0.1, -0.05) is 17.3 Å². The smallest absolute Gasteiger partial charge is 0.226 e. The van der Waals surface area contributed by atoms with Crippen LogP contribution in [0.3, 0.4) is 0 Å². The van der Waals surface area contributed by atoms with Crippen molar-refractivity contribution in [2.75, 3.05) is 12.4 Å². The highest BCUT2D eigenvalue weighted by Crippen LogP contribution is 2.10. The summed E-state index contributed by atoms with van der Waals surface area (Å²) < 4.78 is 1.64. The van der Waals surface area contributed by atoms with E-state index in [9.17, 15) is 4.79 Å². The molecule has 2 N–H and O–H groups in total. The molecule has 20 heavy (non-hydrogen) atoms. The van der Waals surface area contributed by atoms with Crippen LogP contribution in [0.5, 0.6) is 0 Å². The first-order valence-electron chi connectivity index (χ1n) is 6.15. The number of carbonyl (C=O) groups is 1. The van der Waals surface area contributed by atoms with Gasteiger partial charge in [-0.05, 0) is 24.7 Å². The molecule has 0 aliphatic heterocycles. The van der Waals surface area contributed by atoms with Crippen molar-refractivity contribution in [3.8, 4) is 0 Å². The van der Waals surface area contributed by atoms with E-state index in [4.69, 9.17) is 0 Å². The maximum Gasteiger partial charge on any atom is 0.226 e. The lowest BCUT2D eigenvalue weighted by atomic mass is 10.2. The molecule has 1 aromatic carbocycles. The van der Waals surface area contributed by atoms with Crippen LogP contribution < -0.4 is 10.6 Å². The molecule has 0 spiro atoms.